The van der Waals surface area contributed by atoms with E-state index in [1.54, 1.807) is 11.8 Å². The van der Waals surface area contributed by atoms with Crippen molar-refractivity contribution in [3.05, 3.63) is 36.0 Å². The summed E-state index contributed by atoms with van der Waals surface area (Å²) >= 11 is 0. The van der Waals surface area contributed by atoms with Gasteiger partial charge in [0, 0.05) is 55.4 Å². The number of fused-ring (bicyclic) bond motifs is 1. The molecule has 2 aromatic rings. The van der Waals surface area contributed by atoms with Crippen LogP contribution in [-0.4, -0.2) is 65.6 Å². The van der Waals surface area contributed by atoms with E-state index in [0.717, 1.165) is 10.9 Å². The van der Waals surface area contributed by atoms with Crippen molar-refractivity contribution in [3.63, 3.8) is 0 Å². The molecule has 0 bridgehead atoms. The second-order valence-electron chi connectivity index (χ2n) is 6.55. The van der Waals surface area contributed by atoms with Crippen LogP contribution in [0.15, 0.2) is 30.5 Å². The zero-order chi connectivity index (χ0) is 19.2. The number of Topliss-reactive ketones (excluding diaryl/α,β-unsaturated/α-hetero) is 1. The first kappa shape index (κ1) is 18.9. The Kier molecular flexibility index (Phi) is 6.09. The van der Waals surface area contributed by atoms with Crippen molar-refractivity contribution in [2.45, 2.75) is 19.9 Å². The van der Waals surface area contributed by atoms with Crippen molar-refractivity contribution in [2.24, 2.45) is 0 Å². The Labute approximate surface area is 158 Å². The van der Waals surface area contributed by atoms with Gasteiger partial charge in [-0.05, 0) is 13.0 Å². The lowest BCUT2D eigenvalue weighted by Crippen LogP contribution is -2.50. The van der Waals surface area contributed by atoms with E-state index in [-0.39, 0.29) is 11.9 Å². The molecule has 0 atom stereocenters. The van der Waals surface area contributed by atoms with Crippen LogP contribution in [0.5, 0.6) is 0 Å². The molecule has 1 saturated heterocycles. The van der Waals surface area contributed by atoms with Gasteiger partial charge < -0.3 is 14.2 Å². The average Bonchev–Trinajstić information content (AvgIpc) is 3.06. The monoisotopic (exact) mass is 368 g/mol. The van der Waals surface area contributed by atoms with E-state index >= 15 is 0 Å². The summed E-state index contributed by atoms with van der Waals surface area (Å²) in [6.07, 6.45) is 1.98. The van der Waals surface area contributed by atoms with Gasteiger partial charge in [-0.1, -0.05) is 18.2 Å². The van der Waals surface area contributed by atoms with E-state index in [1.165, 1.54) is 0 Å². The van der Waals surface area contributed by atoms with Gasteiger partial charge in [0.25, 0.3) is 0 Å². The number of para-hydroxylation sites is 1. The maximum absolute atomic E-state index is 12.9. The van der Waals surface area contributed by atoms with E-state index in [2.05, 4.69) is 11.0 Å². The van der Waals surface area contributed by atoms with Gasteiger partial charge in [-0.15, -0.1) is 0 Å². The molecule has 1 fully saturated rings. The van der Waals surface area contributed by atoms with Crippen LogP contribution in [0.2, 0.25) is 0 Å². The Morgan fingerprint density at radius 2 is 1.93 bits per heavy atom. The van der Waals surface area contributed by atoms with Crippen molar-refractivity contribution < 1.29 is 14.3 Å². The standard InChI is InChI=1S/C20H24N4O3/c1-2-27-20(26)23-12-10-22(11-13-23)15-19(25)17-14-24(9-5-8-21)18-7-4-3-6-16(17)18/h3-4,6-7,14H,2,5,9-13,15H2,1H3. The molecule has 1 aliphatic heterocycles. The molecule has 7 nitrogen and oxygen atoms in total. The highest BCUT2D eigenvalue weighted by Crippen LogP contribution is 2.22. The molecule has 1 aromatic heterocycles. The highest BCUT2D eigenvalue weighted by Gasteiger charge is 2.24. The quantitative estimate of drug-likeness (QED) is 0.732. The Balaban J connectivity index is 1.67. The zero-order valence-corrected chi connectivity index (χ0v) is 15.6. The van der Waals surface area contributed by atoms with E-state index in [1.807, 2.05) is 35.0 Å². The maximum atomic E-state index is 12.9. The van der Waals surface area contributed by atoms with E-state index in [9.17, 15) is 9.59 Å². The van der Waals surface area contributed by atoms with Gasteiger partial charge in [-0.2, -0.15) is 5.26 Å². The molecule has 1 amide bonds. The summed E-state index contributed by atoms with van der Waals surface area (Å²) in [7, 11) is 0. The fourth-order valence-electron chi connectivity index (χ4n) is 3.42. The second kappa shape index (κ2) is 8.69. The predicted octanol–water partition coefficient (Wildman–Crippen LogP) is 2.51. The molecule has 0 spiro atoms. The molecular weight excluding hydrogens is 344 g/mol. The van der Waals surface area contributed by atoms with Crippen molar-refractivity contribution in [3.8, 4) is 6.07 Å². The van der Waals surface area contributed by atoms with Crippen LogP contribution in [0, 0.1) is 11.3 Å². The minimum Gasteiger partial charge on any atom is -0.450 e. The molecule has 1 aliphatic rings. The SMILES string of the molecule is CCOC(=O)N1CCN(CC(=O)c2cn(CCC#N)c3ccccc23)CC1. The number of carbonyl (C=O) groups excluding carboxylic acids is 2. The van der Waals surface area contributed by atoms with Gasteiger partial charge in [0.15, 0.2) is 5.78 Å². The van der Waals surface area contributed by atoms with Gasteiger partial charge in [0.05, 0.1) is 25.6 Å². The number of nitriles is 1. The van der Waals surface area contributed by atoms with Crippen LogP contribution in [-0.2, 0) is 11.3 Å². The van der Waals surface area contributed by atoms with Crippen molar-refractivity contribution in [1.82, 2.24) is 14.4 Å². The normalized spacial score (nSPS) is 14.9. The lowest BCUT2D eigenvalue weighted by molar-refractivity contribution is 0.0734. The van der Waals surface area contributed by atoms with Gasteiger partial charge in [-0.25, -0.2) is 4.79 Å². The van der Waals surface area contributed by atoms with Crippen molar-refractivity contribution in [1.29, 1.82) is 5.26 Å². The third-order valence-corrected chi connectivity index (χ3v) is 4.82. The van der Waals surface area contributed by atoms with E-state index in [4.69, 9.17) is 10.00 Å². The van der Waals surface area contributed by atoms with Crippen LogP contribution >= 0.6 is 0 Å². The lowest BCUT2D eigenvalue weighted by Gasteiger charge is -2.33. The first-order valence-electron chi connectivity index (χ1n) is 9.26. The second-order valence-corrected chi connectivity index (χ2v) is 6.55. The van der Waals surface area contributed by atoms with Crippen LogP contribution < -0.4 is 0 Å². The molecule has 27 heavy (non-hydrogen) atoms. The highest BCUT2D eigenvalue weighted by atomic mass is 16.6. The predicted molar refractivity (Wildman–Crippen MR) is 102 cm³/mol. The minimum absolute atomic E-state index is 0.0616. The van der Waals surface area contributed by atoms with Gasteiger partial charge >= 0.3 is 6.09 Å². The number of hydrogen-bond donors (Lipinski definition) is 0. The Morgan fingerprint density at radius 1 is 1.19 bits per heavy atom. The molecule has 0 radical (unpaired) electrons. The first-order chi connectivity index (χ1) is 13.1. The van der Waals surface area contributed by atoms with Crippen LogP contribution in [0.4, 0.5) is 4.79 Å². The number of ether oxygens (including phenoxy) is 1. The fourth-order valence-corrected chi connectivity index (χ4v) is 3.42. The molecule has 0 unspecified atom stereocenters. The third-order valence-electron chi connectivity index (χ3n) is 4.82. The molecule has 7 heteroatoms. The van der Waals surface area contributed by atoms with Gasteiger partial charge in [-0.3, -0.25) is 9.69 Å². The number of amides is 1. The number of rotatable bonds is 6. The number of nitrogens with zero attached hydrogens (tertiary/aromatic N) is 4. The summed E-state index contributed by atoms with van der Waals surface area (Å²) in [5, 5.41) is 9.77. The summed E-state index contributed by atoms with van der Waals surface area (Å²) in [6, 6.07) is 9.93. The smallest absolute Gasteiger partial charge is 0.409 e. The molecule has 1 aromatic carbocycles. The number of piperazine rings is 1. The zero-order valence-electron chi connectivity index (χ0n) is 15.6. The van der Waals surface area contributed by atoms with Gasteiger partial charge in [0.2, 0.25) is 0 Å². The number of aromatic nitrogens is 1. The largest absolute Gasteiger partial charge is 0.450 e. The molecule has 0 aliphatic carbocycles. The summed E-state index contributed by atoms with van der Waals surface area (Å²) in [6.45, 7) is 5.49. The summed E-state index contributed by atoms with van der Waals surface area (Å²) in [5.41, 5.74) is 1.67. The highest BCUT2D eigenvalue weighted by molar-refractivity contribution is 6.09. The Bertz CT molecular complexity index is 860. The van der Waals surface area contributed by atoms with Crippen LogP contribution in [0.1, 0.15) is 23.7 Å². The minimum atomic E-state index is -0.288. The Hall–Kier alpha value is -2.85. The third kappa shape index (κ3) is 4.29. The number of benzene rings is 1. The number of aryl methyl sites for hydroxylation is 1. The van der Waals surface area contributed by atoms with E-state index in [0.29, 0.717) is 57.9 Å². The summed E-state index contributed by atoms with van der Waals surface area (Å²) < 4.78 is 7.00. The lowest BCUT2D eigenvalue weighted by atomic mass is 10.1. The number of ketones is 1. The van der Waals surface area contributed by atoms with Crippen LogP contribution in [0.3, 0.4) is 0 Å². The van der Waals surface area contributed by atoms with Gasteiger partial charge in [0.1, 0.15) is 0 Å². The van der Waals surface area contributed by atoms with E-state index < -0.39 is 0 Å². The topological polar surface area (TPSA) is 78.6 Å². The van der Waals surface area contributed by atoms with Crippen molar-refractivity contribution >= 4 is 22.8 Å². The number of carbonyl (C=O) groups is 2. The molecule has 3 rings (SSSR count). The molecule has 0 saturated carbocycles. The molecule has 0 N–H and O–H groups in total. The summed E-state index contributed by atoms with van der Waals surface area (Å²) in [5.74, 6) is 0.0616. The number of hydrogen-bond acceptors (Lipinski definition) is 5. The van der Waals surface area contributed by atoms with Crippen molar-refractivity contribution in [2.75, 3.05) is 39.3 Å². The van der Waals surface area contributed by atoms with Crippen LogP contribution in [0.25, 0.3) is 10.9 Å². The fraction of sp³-hybridized carbons (Fsp3) is 0.450. The Morgan fingerprint density at radius 3 is 2.63 bits per heavy atom. The molecule has 142 valence electrons. The molecule has 2 heterocycles. The maximum Gasteiger partial charge on any atom is 0.409 e. The first-order valence-corrected chi connectivity index (χ1v) is 9.26. The average molecular weight is 368 g/mol. The molecular formula is C20H24N4O3. The summed E-state index contributed by atoms with van der Waals surface area (Å²) in [4.78, 5) is 28.4.